The van der Waals surface area contributed by atoms with Crippen molar-refractivity contribution in [2.75, 3.05) is 12.4 Å². The van der Waals surface area contributed by atoms with Crippen LogP contribution in [-0.2, 0) is 6.42 Å². The number of methoxy groups -OCH3 is 1. The quantitative estimate of drug-likeness (QED) is 0.689. The highest BCUT2D eigenvalue weighted by atomic mass is 79.9. The molecule has 1 nitrogen and oxygen atoms in total. The Morgan fingerprint density at radius 3 is 2.59 bits per heavy atom. The summed E-state index contributed by atoms with van der Waals surface area (Å²) in [5.74, 6) is 1.01. The highest BCUT2D eigenvalue weighted by Gasteiger charge is 2.23. The molecule has 0 heterocycles. The molecule has 17 heavy (non-hydrogen) atoms. The van der Waals surface area contributed by atoms with Crippen LogP contribution < -0.4 is 4.74 Å². The summed E-state index contributed by atoms with van der Waals surface area (Å²) in [6.45, 7) is 6.72. The molecule has 0 fully saturated rings. The van der Waals surface area contributed by atoms with E-state index < -0.39 is 0 Å². The summed E-state index contributed by atoms with van der Waals surface area (Å²) in [6, 6.07) is 6.42. The van der Waals surface area contributed by atoms with E-state index in [9.17, 15) is 0 Å². The van der Waals surface area contributed by atoms with E-state index in [1.807, 2.05) is 0 Å². The molecule has 0 amide bonds. The molecule has 0 aromatic heterocycles. The smallest absolute Gasteiger partial charge is 0.122 e. The summed E-state index contributed by atoms with van der Waals surface area (Å²) < 4.78 is 5.45. The summed E-state index contributed by atoms with van der Waals surface area (Å²) in [6.07, 6.45) is 3.52. The van der Waals surface area contributed by atoms with Crippen LogP contribution in [0.4, 0.5) is 0 Å². The molecule has 0 aliphatic heterocycles. The molecule has 1 aromatic rings. The summed E-state index contributed by atoms with van der Waals surface area (Å²) >= 11 is 3.65. The fraction of sp³-hybridized carbons (Fsp3) is 0.600. The van der Waals surface area contributed by atoms with Crippen LogP contribution in [0.5, 0.6) is 5.75 Å². The normalized spacial score (nSPS) is 14.4. The molecule has 1 aromatic carbocycles. The Bertz CT molecular complexity index is 362. The average Bonchev–Trinajstić information content (AvgIpc) is 2.29. The Morgan fingerprint density at radius 2 is 2.06 bits per heavy atom. The molecular formula is C15H23BrO. The van der Waals surface area contributed by atoms with E-state index in [0.29, 0.717) is 5.41 Å². The molecule has 1 rings (SSSR count). The Morgan fingerprint density at radius 1 is 1.35 bits per heavy atom. The van der Waals surface area contributed by atoms with Crippen LogP contribution in [-0.4, -0.2) is 12.4 Å². The molecule has 0 saturated heterocycles. The fourth-order valence-electron chi connectivity index (χ4n) is 2.31. The minimum atomic E-state index is 0.315. The minimum Gasteiger partial charge on any atom is -0.496 e. The largest absolute Gasteiger partial charge is 0.496 e. The maximum Gasteiger partial charge on any atom is 0.122 e. The summed E-state index contributed by atoms with van der Waals surface area (Å²) in [4.78, 5) is 0. The van der Waals surface area contributed by atoms with Crippen molar-refractivity contribution < 1.29 is 4.74 Å². The van der Waals surface area contributed by atoms with Gasteiger partial charge in [0.25, 0.3) is 0 Å². The Hall–Kier alpha value is -0.500. The highest BCUT2D eigenvalue weighted by Crippen LogP contribution is 2.34. The maximum absolute atomic E-state index is 5.45. The molecule has 1 atom stereocenters. The van der Waals surface area contributed by atoms with E-state index in [1.165, 1.54) is 24.0 Å². The Balaban J connectivity index is 2.95. The minimum absolute atomic E-state index is 0.315. The zero-order chi connectivity index (χ0) is 12.9. The molecule has 0 saturated carbocycles. The topological polar surface area (TPSA) is 9.23 Å². The molecule has 0 aliphatic carbocycles. The number of hydrogen-bond acceptors (Lipinski definition) is 1. The third-order valence-corrected chi connectivity index (χ3v) is 4.58. The second kappa shape index (κ2) is 6.44. The zero-order valence-corrected chi connectivity index (χ0v) is 12.9. The first kappa shape index (κ1) is 14.6. The van der Waals surface area contributed by atoms with Crippen molar-refractivity contribution in [1.82, 2.24) is 0 Å². The Labute approximate surface area is 114 Å². The summed E-state index contributed by atoms with van der Waals surface area (Å²) in [5, 5.41) is 1.03. The van der Waals surface area contributed by atoms with Crippen molar-refractivity contribution >= 4 is 15.9 Å². The first-order valence-electron chi connectivity index (χ1n) is 6.24. The number of alkyl halides is 1. The lowest BCUT2D eigenvalue weighted by molar-refractivity contribution is 0.330. The standard InChI is InChI=1S/C15H23BrO/c1-5-8-15(3,11-16)10-13-9-12(2)6-7-14(13)17-4/h6-7,9H,5,8,10-11H2,1-4H3. The predicted molar refractivity (Wildman–Crippen MR) is 78.2 cm³/mol. The van der Waals surface area contributed by atoms with Gasteiger partial charge in [-0.2, -0.15) is 0 Å². The van der Waals surface area contributed by atoms with E-state index in [0.717, 1.165) is 17.5 Å². The average molecular weight is 299 g/mol. The molecule has 0 aliphatic rings. The van der Waals surface area contributed by atoms with Gasteiger partial charge in [-0.3, -0.25) is 0 Å². The van der Waals surface area contributed by atoms with Gasteiger partial charge in [0.15, 0.2) is 0 Å². The highest BCUT2D eigenvalue weighted by molar-refractivity contribution is 9.09. The lowest BCUT2D eigenvalue weighted by atomic mass is 9.81. The van der Waals surface area contributed by atoms with Crippen LogP contribution in [0.2, 0.25) is 0 Å². The fourth-order valence-corrected chi connectivity index (χ4v) is 2.79. The van der Waals surface area contributed by atoms with Gasteiger partial charge in [-0.05, 0) is 36.8 Å². The van der Waals surface area contributed by atoms with Crippen LogP contribution >= 0.6 is 15.9 Å². The van der Waals surface area contributed by atoms with Gasteiger partial charge in [0.1, 0.15) is 5.75 Å². The number of ether oxygens (including phenoxy) is 1. The number of aryl methyl sites for hydroxylation is 1. The third-order valence-electron chi connectivity index (χ3n) is 3.23. The van der Waals surface area contributed by atoms with E-state index in [2.05, 4.69) is 54.9 Å². The molecule has 96 valence electrons. The Kier molecular flexibility index (Phi) is 5.51. The van der Waals surface area contributed by atoms with Crippen LogP contribution in [0.15, 0.2) is 18.2 Å². The SMILES string of the molecule is CCCC(C)(CBr)Cc1cc(C)ccc1OC. The molecule has 0 N–H and O–H groups in total. The summed E-state index contributed by atoms with van der Waals surface area (Å²) in [5.41, 5.74) is 2.94. The van der Waals surface area contributed by atoms with Gasteiger partial charge in [-0.25, -0.2) is 0 Å². The molecule has 0 bridgehead atoms. The van der Waals surface area contributed by atoms with Gasteiger partial charge >= 0.3 is 0 Å². The van der Waals surface area contributed by atoms with Crippen molar-refractivity contribution in [1.29, 1.82) is 0 Å². The van der Waals surface area contributed by atoms with E-state index in [4.69, 9.17) is 4.74 Å². The number of benzene rings is 1. The van der Waals surface area contributed by atoms with Gasteiger partial charge in [-0.1, -0.05) is 53.9 Å². The number of rotatable bonds is 6. The van der Waals surface area contributed by atoms with Crippen molar-refractivity contribution in [3.63, 3.8) is 0 Å². The van der Waals surface area contributed by atoms with Crippen molar-refractivity contribution in [3.05, 3.63) is 29.3 Å². The lowest BCUT2D eigenvalue weighted by Crippen LogP contribution is -2.21. The van der Waals surface area contributed by atoms with Crippen molar-refractivity contribution in [3.8, 4) is 5.75 Å². The van der Waals surface area contributed by atoms with Crippen LogP contribution in [0, 0.1) is 12.3 Å². The van der Waals surface area contributed by atoms with Gasteiger partial charge in [0.2, 0.25) is 0 Å². The predicted octanol–water partition coefficient (Wildman–Crippen LogP) is 4.75. The molecule has 1 unspecified atom stereocenters. The molecular weight excluding hydrogens is 276 g/mol. The van der Waals surface area contributed by atoms with Crippen LogP contribution in [0.25, 0.3) is 0 Å². The van der Waals surface area contributed by atoms with E-state index in [1.54, 1.807) is 7.11 Å². The first-order chi connectivity index (χ1) is 8.04. The molecule has 0 radical (unpaired) electrons. The van der Waals surface area contributed by atoms with Gasteiger partial charge in [0.05, 0.1) is 7.11 Å². The lowest BCUT2D eigenvalue weighted by Gasteiger charge is -2.28. The van der Waals surface area contributed by atoms with Crippen LogP contribution in [0.1, 0.15) is 37.8 Å². The van der Waals surface area contributed by atoms with Crippen LogP contribution in [0.3, 0.4) is 0 Å². The number of halogens is 1. The molecule has 0 spiro atoms. The second-order valence-electron chi connectivity index (χ2n) is 5.19. The first-order valence-corrected chi connectivity index (χ1v) is 7.36. The van der Waals surface area contributed by atoms with Crippen molar-refractivity contribution in [2.24, 2.45) is 5.41 Å². The third kappa shape index (κ3) is 4.02. The van der Waals surface area contributed by atoms with Crippen molar-refractivity contribution in [2.45, 2.75) is 40.0 Å². The zero-order valence-electron chi connectivity index (χ0n) is 11.3. The molecule has 2 heteroatoms. The van der Waals surface area contributed by atoms with Gasteiger partial charge < -0.3 is 4.74 Å². The number of hydrogen-bond donors (Lipinski definition) is 0. The monoisotopic (exact) mass is 298 g/mol. The second-order valence-corrected chi connectivity index (χ2v) is 5.75. The summed E-state index contributed by atoms with van der Waals surface area (Å²) in [7, 11) is 1.75. The van der Waals surface area contributed by atoms with E-state index >= 15 is 0 Å². The van der Waals surface area contributed by atoms with Gasteiger partial charge in [-0.15, -0.1) is 0 Å². The van der Waals surface area contributed by atoms with Gasteiger partial charge in [0, 0.05) is 5.33 Å². The van der Waals surface area contributed by atoms with E-state index in [-0.39, 0.29) is 0 Å². The maximum atomic E-state index is 5.45.